The molecule has 0 radical (unpaired) electrons. The van der Waals surface area contributed by atoms with Crippen LogP contribution in [0, 0.1) is 5.82 Å². The molecule has 0 aliphatic heterocycles. The predicted molar refractivity (Wildman–Crippen MR) is 47.6 cm³/mol. The highest BCUT2D eigenvalue weighted by molar-refractivity contribution is 5.82. The molecule has 2 aromatic rings. The highest BCUT2D eigenvalue weighted by Gasteiger charge is 2.04. The van der Waals surface area contributed by atoms with Crippen LogP contribution in [0.3, 0.4) is 0 Å². The molecule has 1 aromatic carbocycles. The van der Waals surface area contributed by atoms with Crippen LogP contribution in [0.1, 0.15) is 5.56 Å². The summed E-state index contributed by atoms with van der Waals surface area (Å²) in [6.45, 7) is -0.0948. The van der Waals surface area contributed by atoms with E-state index in [9.17, 15) is 4.39 Å². The topological polar surface area (TPSA) is 33.1 Å². The van der Waals surface area contributed by atoms with Crippen LogP contribution in [0.5, 0.6) is 0 Å². The van der Waals surface area contributed by atoms with Crippen LogP contribution in [0.2, 0.25) is 0 Å². The van der Waals surface area contributed by atoms with Gasteiger partial charge in [0.05, 0.1) is 6.61 Å². The summed E-state index contributed by atoms with van der Waals surface area (Å²) < 4.78 is 13.2. The Morgan fingerprint density at radius 3 is 2.92 bits per heavy atom. The van der Waals surface area contributed by atoms with Crippen LogP contribution >= 0.6 is 0 Å². The molecule has 0 saturated carbocycles. The maximum Gasteiger partial charge on any atom is 0.149 e. The van der Waals surface area contributed by atoms with Gasteiger partial charge >= 0.3 is 0 Å². The van der Waals surface area contributed by atoms with Crippen molar-refractivity contribution in [3.63, 3.8) is 0 Å². The molecule has 0 saturated heterocycles. The number of aromatic nitrogens is 1. The molecule has 0 aliphatic carbocycles. The third kappa shape index (κ3) is 1.27. The number of benzene rings is 1. The largest absolute Gasteiger partial charge is 0.392 e. The van der Waals surface area contributed by atoms with E-state index >= 15 is 0 Å². The van der Waals surface area contributed by atoms with Crippen LogP contribution in [0.4, 0.5) is 4.39 Å². The molecule has 1 aromatic heterocycles. The number of fused-ring (bicyclic) bond motifs is 1. The molecule has 3 heteroatoms. The van der Waals surface area contributed by atoms with Crippen molar-refractivity contribution < 1.29 is 9.50 Å². The Morgan fingerprint density at radius 2 is 2.15 bits per heavy atom. The van der Waals surface area contributed by atoms with E-state index in [0.717, 1.165) is 0 Å². The molecule has 2 nitrogen and oxygen atoms in total. The number of nitrogens with zero attached hydrogens (tertiary/aromatic N) is 1. The molecule has 0 aliphatic rings. The van der Waals surface area contributed by atoms with Gasteiger partial charge in [0.2, 0.25) is 0 Å². The van der Waals surface area contributed by atoms with Crippen LogP contribution in [0.25, 0.3) is 10.9 Å². The zero-order valence-corrected chi connectivity index (χ0v) is 6.87. The average Bonchev–Trinajstić information content (AvgIpc) is 2.19. The number of aliphatic hydroxyl groups is 1. The predicted octanol–water partition coefficient (Wildman–Crippen LogP) is 1.87. The summed E-state index contributed by atoms with van der Waals surface area (Å²) in [4.78, 5) is 3.90. The molecule has 1 N–H and O–H groups in total. The molecular weight excluding hydrogens is 169 g/mol. The van der Waals surface area contributed by atoms with Gasteiger partial charge in [0.25, 0.3) is 0 Å². The van der Waals surface area contributed by atoms with E-state index < -0.39 is 0 Å². The molecule has 0 fully saturated rings. The van der Waals surface area contributed by atoms with Crippen LogP contribution in [0.15, 0.2) is 30.5 Å². The lowest BCUT2D eigenvalue weighted by Gasteiger charge is -2.02. The molecule has 2 rings (SSSR count). The normalized spacial score (nSPS) is 10.6. The smallest absolute Gasteiger partial charge is 0.149 e. The van der Waals surface area contributed by atoms with Gasteiger partial charge in [0, 0.05) is 11.6 Å². The van der Waals surface area contributed by atoms with E-state index in [1.807, 2.05) is 0 Å². The highest BCUT2D eigenvalue weighted by Crippen LogP contribution is 2.19. The fraction of sp³-hybridized carbons (Fsp3) is 0.100. The van der Waals surface area contributed by atoms with Crippen molar-refractivity contribution in [3.05, 3.63) is 41.8 Å². The molecule has 1 heterocycles. The monoisotopic (exact) mass is 177 g/mol. The van der Waals surface area contributed by atoms with Gasteiger partial charge in [-0.15, -0.1) is 0 Å². The van der Waals surface area contributed by atoms with Crippen molar-refractivity contribution in [2.45, 2.75) is 6.61 Å². The first-order valence-corrected chi connectivity index (χ1v) is 3.96. The van der Waals surface area contributed by atoms with Crippen molar-refractivity contribution in [3.8, 4) is 0 Å². The van der Waals surface area contributed by atoms with Crippen molar-refractivity contribution in [2.75, 3.05) is 0 Å². The number of hydrogen-bond donors (Lipinski definition) is 1. The third-order valence-corrected chi connectivity index (χ3v) is 1.98. The van der Waals surface area contributed by atoms with Crippen molar-refractivity contribution in [1.29, 1.82) is 0 Å². The molecule has 0 spiro atoms. The molecule has 0 unspecified atom stereocenters. The summed E-state index contributed by atoms with van der Waals surface area (Å²) in [6.07, 6.45) is 1.53. The number of pyridine rings is 1. The zero-order valence-electron chi connectivity index (χ0n) is 6.87. The molecule has 66 valence electrons. The quantitative estimate of drug-likeness (QED) is 0.721. The number of hydrogen-bond acceptors (Lipinski definition) is 2. The fourth-order valence-electron chi connectivity index (χ4n) is 1.34. The summed E-state index contributed by atoms with van der Waals surface area (Å²) in [7, 11) is 0. The minimum atomic E-state index is -0.354. The van der Waals surface area contributed by atoms with E-state index in [1.165, 1.54) is 12.3 Å². The maximum atomic E-state index is 13.2. The average molecular weight is 177 g/mol. The third-order valence-electron chi connectivity index (χ3n) is 1.98. The van der Waals surface area contributed by atoms with Gasteiger partial charge in [-0.25, -0.2) is 4.39 Å². The minimum absolute atomic E-state index is 0.0948. The number of aliphatic hydroxyl groups excluding tert-OH is 1. The van der Waals surface area contributed by atoms with Gasteiger partial charge in [0.1, 0.15) is 11.3 Å². The first-order chi connectivity index (χ1) is 6.33. The van der Waals surface area contributed by atoms with Crippen LogP contribution < -0.4 is 0 Å². The highest BCUT2D eigenvalue weighted by atomic mass is 19.1. The molecule has 0 amide bonds. The number of rotatable bonds is 1. The molecular formula is C10H8FNO. The van der Waals surface area contributed by atoms with E-state index in [1.54, 1.807) is 18.2 Å². The Morgan fingerprint density at radius 1 is 1.31 bits per heavy atom. The lowest BCUT2D eigenvalue weighted by Crippen LogP contribution is -1.90. The number of halogens is 1. The van der Waals surface area contributed by atoms with E-state index in [-0.39, 0.29) is 12.4 Å². The summed E-state index contributed by atoms with van der Waals surface area (Å²) in [5.74, 6) is -0.354. The second-order valence-corrected chi connectivity index (χ2v) is 2.76. The van der Waals surface area contributed by atoms with Gasteiger partial charge < -0.3 is 5.11 Å². The Hall–Kier alpha value is -1.48. The minimum Gasteiger partial charge on any atom is -0.392 e. The van der Waals surface area contributed by atoms with Crippen LogP contribution in [-0.4, -0.2) is 10.1 Å². The fourth-order valence-corrected chi connectivity index (χ4v) is 1.34. The lowest BCUT2D eigenvalue weighted by molar-refractivity contribution is 0.283. The van der Waals surface area contributed by atoms with Gasteiger partial charge in [0.15, 0.2) is 0 Å². The molecule has 0 bridgehead atoms. The van der Waals surface area contributed by atoms with Crippen molar-refractivity contribution in [2.24, 2.45) is 0 Å². The van der Waals surface area contributed by atoms with E-state index in [0.29, 0.717) is 16.5 Å². The summed E-state index contributed by atoms with van der Waals surface area (Å²) in [6, 6.07) is 6.36. The molecule has 13 heavy (non-hydrogen) atoms. The first kappa shape index (κ1) is 8.13. The van der Waals surface area contributed by atoms with Crippen molar-refractivity contribution >= 4 is 10.9 Å². The summed E-state index contributed by atoms with van der Waals surface area (Å²) in [5.41, 5.74) is 1.01. The maximum absolute atomic E-state index is 13.2. The first-order valence-electron chi connectivity index (χ1n) is 3.96. The van der Waals surface area contributed by atoms with Crippen LogP contribution in [-0.2, 0) is 6.61 Å². The Balaban J connectivity index is 2.84. The van der Waals surface area contributed by atoms with Gasteiger partial charge in [-0.1, -0.05) is 12.1 Å². The van der Waals surface area contributed by atoms with E-state index in [4.69, 9.17) is 5.11 Å². The second kappa shape index (κ2) is 3.11. The Labute approximate surface area is 74.7 Å². The SMILES string of the molecule is OCc1ccc(F)c2ncccc12. The Kier molecular flexibility index (Phi) is 1.94. The van der Waals surface area contributed by atoms with Gasteiger partial charge in [-0.3, -0.25) is 4.98 Å². The Bertz CT molecular complexity index is 442. The lowest BCUT2D eigenvalue weighted by atomic mass is 10.1. The summed E-state index contributed by atoms with van der Waals surface area (Å²) in [5, 5.41) is 9.65. The van der Waals surface area contributed by atoms with Gasteiger partial charge in [-0.2, -0.15) is 0 Å². The zero-order chi connectivity index (χ0) is 9.26. The van der Waals surface area contributed by atoms with Crippen molar-refractivity contribution in [1.82, 2.24) is 4.98 Å². The standard InChI is InChI=1S/C10H8FNO/c11-9-4-3-7(6-13)8-2-1-5-12-10(8)9/h1-5,13H,6H2. The second-order valence-electron chi connectivity index (χ2n) is 2.76. The van der Waals surface area contributed by atoms with E-state index in [2.05, 4.69) is 4.98 Å². The molecule has 0 atom stereocenters. The summed E-state index contributed by atoms with van der Waals surface area (Å²) >= 11 is 0. The van der Waals surface area contributed by atoms with Gasteiger partial charge in [-0.05, 0) is 17.7 Å².